The molecule has 1 aliphatic rings. The Balaban J connectivity index is 1.06. The number of aromatic nitrogens is 4. The average Bonchev–Trinajstić information content (AvgIpc) is 3.77. The molecule has 4 nitrogen and oxygen atoms in total. The van der Waals surface area contributed by atoms with Crippen molar-refractivity contribution in [2.45, 2.75) is 9.79 Å². The van der Waals surface area contributed by atoms with Gasteiger partial charge in [-0.2, -0.15) is 0 Å². The molecule has 5 heteroatoms. The molecule has 11 aromatic rings. The molecule has 0 saturated carbocycles. The Morgan fingerprint density at radius 3 is 2.09 bits per heavy atom. The Morgan fingerprint density at radius 1 is 0.455 bits per heavy atom. The van der Waals surface area contributed by atoms with E-state index in [4.69, 9.17) is 9.97 Å². The van der Waals surface area contributed by atoms with Gasteiger partial charge in [0, 0.05) is 48.2 Å². The maximum absolute atomic E-state index is 5.31. The van der Waals surface area contributed by atoms with Gasteiger partial charge in [0.25, 0.3) is 0 Å². The van der Waals surface area contributed by atoms with E-state index in [1.807, 2.05) is 11.8 Å². The van der Waals surface area contributed by atoms with E-state index >= 15 is 0 Å². The number of rotatable bonds is 4. The molecule has 1 aliphatic heterocycles. The molecule has 0 aliphatic carbocycles. The SMILES string of the molecule is c1ccc(-n2c3ccccc3c3c4cccc5c4n(c32)-c2cc(-c3cccc(-c4nc(-c6cccc7ccccc67)c6ccccc6n4)c3)ccc2S5)cc1. The monoisotopic (exact) mass is 718 g/mol. The van der Waals surface area contributed by atoms with Crippen LogP contribution in [0.15, 0.2) is 192 Å². The van der Waals surface area contributed by atoms with Crippen LogP contribution in [0.3, 0.4) is 0 Å². The summed E-state index contributed by atoms with van der Waals surface area (Å²) in [5, 5.41) is 7.25. The second-order valence-electron chi connectivity index (χ2n) is 14.2. The molecular weight excluding hydrogens is 689 g/mol. The number of hydrogen-bond acceptors (Lipinski definition) is 3. The van der Waals surface area contributed by atoms with Crippen molar-refractivity contribution in [3.63, 3.8) is 0 Å². The maximum atomic E-state index is 5.31. The van der Waals surface area contributed by atoms with Crippen LogP contribution < -0.4 is 0 Å². The topological polar surface area (TPSA) is 35.6 Å². The van der Waals surface area contributed by atoms with Gasteiger partial charge in [0.1, 0.15) is 5.65 Å². The minimum Gasteiger partial charge on any atom is -0.295 e. The van der Waals surface area contributed by atoms with Gasteiger partial charge in [-0.3, -0.25) is 9.13 Å². The molecule has 0 bridgehead atoms. The minimum absolute atomic E-state index is 0.715. The molecule has 55 heavy (non-hydrogen) atoms. The van der Waals surface area contributed by atoms with Gasteiger partial charge < -0.3 is 0 Å². The zero-order valence-corrected chi connectivity index (χ0v) is 30.3. The molecule has 0 fully saturated rings. The molecule has 3 aromatic heterocycles. The first kappa shape index (κ1) is 30.5. The molecule has 8 aromatic carbocycles. The third-order valence-corrected chi connectivity index (χ3v) is 12.2. The highest BCUT2D eigenvalue weighted by molar-refractivity contribution is 7.99. The quantitative estimate of drug-likeness (QED) is 0.182. The van der Waals surface area contributed by atoms with Crippen LogP contribution in [0.4, 0.5) is 0 Å². The normalized spacial score (nSPS) is 12.3. The summed E-state index contributed by atoms with van der Waals surface area (Å²) in [6.45, 7) is 0. The fourth-order valence-corrected chi connectivity index (χ4v) is 9.75. The Kier molecular flexibility index (Phi) is 6.53. The van der Waals surface area contributed by atoms with Crippen molar-refractivity contribution < 1.29 is 0 Å². The van der Waals surface area contributed by atoms with Crippen molar-refractivity contribution in [3.05, 3.63) is 182 Å². The molecule has 0 N–H and O–H groups in total. The molecule has 0 amide bonds. The first-order valence-corrected chi connectivity index (χ1v) is 19.4. The summed E-state index contributed by atoms with van der Waals surface area (Å²) in [4.78, 5) is 13.0. The highest BCUT2D eigenvalue weighted by atomic mass is 32.2. The third-order valence-electron chi connectivity index (χ3n) is 11.1. The van der Waals surface area contributed by atoms with Crippen molar-refractivity contribution in [2.75, 3.05) is 0 Å². The van der Waals surface area contributed by atoms with E-state index in [0.29, 0.717) is 5.82 Å². The van der Waals surface area contributed by atoms with E-state index in [0.717, 1.165) is 44.5 Å². The number of hydrogen-bond donors (Lipinski definition) is 0. The Bertz CT molecular complexity index is 3350. The van der Waals surface area contributed by atoms with Crippen LogP contribution in [0.1, 0.15) is 0 Å². The number of benzene rings is 8. The van der Waals surface area contributed by atoms with Crippen molar-refractivity contribution in [2.24, 2.45) is 0 Å². The van der Waals surface area contributed by atoms with Gasteiger partial charge in [0.2, 0.25) is 0 Å². The standard InChI is InChI=1S/C50H30N4S/c1-2-17-35(18-3-1)53-42-25-9-7-21-39(42)46-40-23-12-26-45-48(40)54(50(46)53)43-30-33(27-28-44(43)55-45)32-15-10-16-34(29-32)49-51-41-24-8-6-20-38(41)47(52-49)37-22-11-14-31-13-4-5-19-36(31)37/h1-30H. The van der Waals surface area contributed by atoms with Crippen molar-refractivity contribution in [1.29, 1.82) is 0 Å². The minimum atomic E-state index is 0.715. The summed E-state index contributed by atoms with van der Waals surface area (Å²) >= 11 is 1.86. The van der Waals surface area contributed by atoms with Gasteiger partial charge in [-0.15, -0.1) is 0 Å². The van der Waals surface area contributed by atoms with E-state index in [1.165, 1.54) is 59.1 Å². The summed E-state index contributed by atoms with van der Waals surface area (Å²) < 4.78 is 4.95. The van der Waals surface area contributed by atoms with Gasteiger partial charge in [0.15, 0.2) is 5.82 Å². The summed E-state index contributed by atoms with van der Waals surface area (Å²) in [6, 6.07) is 65.2. The van der Waals surface area contributed by atoms with Gasteiger partial charge in [-0.25, -0.2) is 9.97 Å². The Labute approximate surface area is 321 Å². The summed E-state index contributed by atoms with van der Waals surface area (Å²) in [7, 11) is 0. The zero-order chi connectivity index (χ0) is 36.0. The smallest absolute Gasteiger partial charge is 0.160 e. The first-order valence-electron chi connectivity index (χ1n) is 18.6. The van der Waals surface area contributed by atoms with Crippen LogP contribution in [-0.2, 0) is 0 Å². The molecule has 0 unspecified atom stereocenters. The number of para-hydroxylation sites is 4. The van der Waals surface area contributed by atoms with Crippen molar-refractivity contribution in [3.8, 4) is 45.1 Å². The molecule has 0 atom stereocenters. The largest absolute Gasteiger partial charge is 0.295 e. The van der Waals surface area contributed by atoms with Crippen LogP contribution in [0.25, 0.3) is 99.7 Å². The van der Waals surface area contributed by atoms with Crippen LogP contribution in [0.5, 0.6) is 0 Å². The lowest BCUT2D eigenvalue weighted by Gasteiger charge is -2.22. The van der Waals surface area contributed by atoms with E-state index in [-0.39, 0.29) is 0 Å². The predicted molar refractivity (Wildman–Crippen MR) is 229 cm³/mol. The zero-order valence-electron chi connectivity index (χ0n) is 29.5. The van der Waals surface area contributed by atoms with Gasteiger partial charge in [-0.05, 0) is 70.4 Å². The summed E-state index contributed by atoms with van der Waals surface area (Å²) in [6.07, 6.45) is 0. The lowest BCUT2D eigenvalue weighted by Crippen LogP contribution is -2.06. The molecule has 12 rings (SSSR count). The van der Waals surface area contributed by atoms with E-state index in [1.54, 1.807) is 0 Å². The van der Waals surface area contributed by atoms with Crippen LogP contribution in [0, 0.1) is 0 Å². The highest BCUT2D eigenvalue weighted by Crippen LogP contribution is 2.50. The van der Waals surface area contributed by atoms with Crippen LogP contribution in [0.2, 0.25) is 0 Å². The third kappa shape index (κ3) is 4.54. The van der Waals surface area contributed by atoms with Gasteiger partial charge >= 0.3 is 0 Å². The fourth-order valence-electron chi connectivity index (χ4n) is 8.68. The van der Waals surface area contributed by atoms with Crippen LogP contribution >= 0.6 is 11.8 Å². The lowest BCUT2D eigenvalue weighted by atomic mass is 9.98. The number of fused-ring (bicyclic) bond motifs is 9. The van der Waals surface area contributed by atoms with Gasteiger partial charge in [0.05, 0.1) is 27.9 Å². The van der Waals surface area contributed by atoms with Gasteiger partial charge in [-0.1, -0.05) is 145 Å². The van der Waals surface area contributed by atoms with Crippen LogP contribution in [-0.4, -0.2) is 19.1 Å². The fraction of sp³-hybridized carbons (Fsp3) is 0. The average molecular weight is 719 g/mol. The summed E-state index contributed by atoms with van der Waals surface area (Å²) in [5.74, 6) is 0.715. The Hall–Kier alpha value is -6.95. The maximum Gasteiger partial charge on any atom is 0.160 e. The summed E-state index contributed by atoms with van der Waals surface area (Å²) in [5.41, 5.74) is 12.2. The van der Waals surface area contributed by atoms with E-state index in [2.05, 4.69) is 191 Å². The second kappa shape index (κ2) is 11.8. The second-order valence-corrected chi connectivity index (χ2v) is 15.3. The van der Waals surface area contributed by atoms with E-state index in [9.17, 15) is 0 Å². The molecular formula is C50H30N4S. The molecule has 0 spiro atoms. The molecule has 256 valence electrons. The molecule has 0 radical (unpaired) electrons. The number of nitrogens with zero attached hydrogens (tertiary/aromatic N) is 4. The predicted octanol–water partition coefficient (Wildman–Crippen LogP) is 13.3. The molecule has 0 saturated heterocycles. The Morgan fingerprint density at radius 2 is 1.16 bits per heavy atom. The van der Waals surface area contributed by atoms with Crippen molar-refractivity contribution >= 4 is 66.3 Å². The first-order chi connectivity index (χ1) is 27.3. The van der Waals surface area contributed by atoms with E-state index < -0.39 is 0 Å². The molecule has 4 heterocycles. The highest BCUT2D eigenvalue weighted by Gasteiger charge is 2.28. The lowest BCUT2D eigenvalue weighted by molar-refractivity contribution is 1.03. The van der Waals surface area contributed by atoms with Crippen molar-refractivity contribution in [1.82, 2.24) is 19.1 Å².